The molecule has 2 rings (SSSR count). The highest BCUT2D eigenvalue weighted by molar-refractivity contribution is 8.00. The van der Waals surface area contributed by atoms with E-state index in [-0.39, 0.29) is 24.6 Å². The number of halogens is 3. The molecule has 1 fully saturated rings. The molecule has 0 saturated heterocycles. The van der Waals surface area contributed by atoms with E-state index in [0.717, 1.165) is 0 Å². The zero-order valence-corrected chi connectivity index (χ0v) is 20.9. The van der Waals surface area contributed by atoms with E-state index < -0.39 is 26.2 Å². The first-order valence-corrected chi connectivity index (χ1v) is 13.6. The molecular weight excluding hydrogens is 459 g/mol. The molecule has 32 heavy (non-hydrogen) atoms. The SMILES string of the molecule is CCN(CCSC(C(=O)c1ccc(C2CCCCC2)cc1)C(C)(C)C)S(=O)(=O)C(F)(F)F. The van der Waals surface area contributed by atoms with Crippen molar-refractivity contribution in [1.82, 2.24) is 4.31 Å². The Morgan fingerprint density at radius 2 is 1.66 bits per heavy atom. The number of sulfonamides is 1. The Morgan fingerprint density at radius 1 is 1.09 bits per heavy atom. The molecule has 1 aliphatic rings. The number of carbonyl (C=O) groups excluding carboxylic acids is 1. The maximum absolute atomic E-state index is 13.2. The molecule has 0 aliphatic heterocycles. The molecule has 9 heteroatoms. The minimum absolute atomic E-state index is 0.0839. The Hall–Kier alpha value is -1.06. The van der Waals surface area contributed by atoms with Gasteiger partial charge in [-0.2, -0.15) is 17.5 Å². The minimum Gasteiger partial charge on any atom is -0.293 e. The Kier molecular flexibility index (Phi) is 9.27. The van der Waals surface area contributed by atoms with E-state index in [1.807, 2.05) is 45.0 Å². The van der Waals surface area contributed by atoms with Crippen LogP contribution in [-0.4, -0.2) is 48.1 Å². The van der Waals surface area contributed by atoms with Gasteiger partial charge < -0.3 is 0 Å². The third-order valence-corrected chi connectivity index (χ3v) is 9.29. The van der Waals surface area contributed by atoms with Crippen LogP contribution in [0.5, 0.6) is 0 Å². The van der Waals surface area contributed by atoms with Crippen LogP contribution >= 0.6 is 11.8 Å². The van der Waals surface area contributed by atoms with E-state index in [4.69, 9.17) is 0 Å². The van der Waals surface area contributed by atoms with Crippen molar-refractivity contribution in [3.63, 3.8) is 0 Å². The number of benzene rings is 1. The third kappa shape index (κ3) is 6.73. The predicted molar refractivity (Wildman–Crippen MR) is 125 cm³/mol. The number of nitrogens with zero attached hydrogens (tertiary/aromatic N) is 1. The monoisotopic (exact) mass is 493 g/mol. The van der Waals surface area contributed by atoms with Gasteiger partial charge >= 0.3 is 15.5 Å². The lowest BCUT2D eigenvalue weighted by Gasteiger charge is -2.30. The van der Waals surface area contributed by atoms with Crippen molar-refractivity contribution in [3.8, 4) is 0 Å². The maximum Gasteiger partial charge on any atom is 0.511 e. The molecule has 0 radical (unpaired) electrons. The number of alkyl halides is 3. The van der Waals surface area contributed by atoms with Gasteiger partial charge in [-0.3, -0.25) is 4.79 Å². The van der Waals surface area contributed by atoms with Crippen LogP contribution in [0.25, 0.3) is 0 Å². The van der Waals surface area contributed by atoms with Crippen LogP contribution in [0.2, 0.25) is 0 Å². The topological polar surface area (TPSA) is 54.5 Å². The highest BCUT2D eigenvalue weighted by Gasteiger charge is 2.49. The van der Waals surface area contributed by atoms with Crippen LogP contribution < -0.4 is 0 Å². The van der Waals surface area contributed by atoms with Gasteiger partial charge in [-0.1, -0.05) is 71.2 Å². The molecule has 0 amide bonds. The summed E-state index contributed by atoms with van der Waals surface area (Å²) in [6.45, 7) is 6.51. The van der Waals surface area contributed by atoms with E-state index >= 15 is 0 Å². The lowest BCUT2D eigenvalue weighted by atomic mass is 9.83. The van der Waals surface area contributed by atoms with Crippen molar-refractivity contribution in [2.24, 2.45) is 5.41 Å². The van der Waals surface area contributed by atoms with Crippen molar-refractivity contribution in [3.05, 3.63) is 35.4 Å². The van der Waals surface area contributed by atoms with E-state index in [1.54, 1.807) is 0 Å². The van der Waals surface area contributed by atoms with E-state index in [2.05, 4.69) is 0 Å². The second-order valence-corrected chi connectivity index (χ2v) is 12.5. The zero-order chi connectivity index (χ0) is 24.2. The smallest absolute Gasteiger partial charge is 0.293 e. The summed E-state index contributed by atoms with van der Waals surface area (Å²) >= 11 is 1.21. The van der Waals surface area contributed by atoms with Crippen molar-refractivity contribution in [2.75, 3.05) is 18.8 Å². The molecule has 1 saturated carbocycles. The predicted octanol–water partition coefficient (Wildman–Crippen LogP) is 6.24. The molecule has 4 nitrogen and oxygen atoms in total. The highest BCUT2D eigenvalue weighted by Crippen LogP contribution is 2.36. The molecule has 0 N–H and O–H groups in total. The molecule has 182 valence electrons. The van der Waals surface area contributed by atoms with Gasteiger partial charge in [-0.15, -0.1) is 11.8 Å². The molecule has 0 heterocycles. The summed E-state index contributed by atoms with van der Waals surface area (Å²) < 4.78 is 62.4. The Bertz CT molecular complexity index is 856. The van der Waals surface area contributed by atoms with E-state index in [0.29, 0.717) is 15.8 Å². The van der Waals surface area contributed by atoms with Crippen molar-refractivity contribution in [1.29, 1.82) is 0 Å². The maximum atomic E-state index is 13.2. The summed E-state index contributed by atoms with van der Waals surface area (Å²) in [6.07, 6.45) is 6.07. The zero-order valence-electron chi connectivity index (χ0n) is 19.2. The van der Waals surface area contributed by atoms with E-state index in [1.165, 1.54) is 56.4 Å². The summed E-state index contributed by atoms with van der Waals surface area (Å²) in [7, 11) is -5.37. The number of ketones is 1. The summed E-state index contributed by atoms with van der Waals surface area (Å²) in [5.41, 5.74) is -3.94. The fourth-order valence-electron chi connectivity index (χ4n) is 4.09. The summed E-state index contributed by atoms with van der Waals surface area (Å²) in [5.74, 6) is 0.549. The molecule has 0 spiro atoms. The Balaban J connectivity index is 2.09. The number of hydrogen-bond donors (Lipinski definition) is 0. The Labute approximate surface area is 194 Å². The van der Waals surface area contributed by atoms with Crippen LogP contribution in [0.1, 0.15) is 81.6 Å². The van der Waals surface area contributed by atoms with Gasteiger partial charge in [0, 0.05) is 24.4 Å². The van der Waals surface area contributed by atoms with Gasteiger partial charge in [-0.25, -0.2) is 8.42 Å². The number of rotatable bonds is 9. The molecule has 1 atom stereocenters. The third-order valence-electron chi connectivity index (χ3n) is 5.91. The second-order valence-electron chi connectivity index (χ2n) is 9.38. The Morgan fingerprint density at radius 3 is 2.12 bits per heavy atom. The van der Waals surface area contributed by atoms with Crippen molar-refractivity contribution >= 4 is 27.6 Å². The van der Waals surface area contributed by atoms with Crippen LogP contribution in [0, 0.1) is 5.41 Å². The lowest BCUT2D eigenvalue weighted by Crippen LogP contribution is -2.42. The average Bonchev–Trinajstić information content (AvgIpc) is 2.72. The molecule has 1 aliphatic carbocycles. The minimum atomic E-state index is -5.37. The summed E-state index contributed by atoms with van der Waals surface area (Å²) in [5, 5.41) is -0.504. The average molecular weight is 494 g/mol. The van der Waals surface area contributed by atoms with Crippen LogP contribution in [0.3, 0.4) is 0 Å². The fourth-order valence-corrected chi connectivity index (χ4v) is 6.52. The fraction of sp³-hybridized carbons (Fsp3) is 0.696. The molecule has 0 aromatic heterocycles. The van der Waals surface area contributed by atoms with Gasteiger partial charge in [0.05, 0.1) is 5.25 Å². The first kappa shape index (κ1) is 27.2. The molecular formula is C23H34F3NO3S2. The van der Waals surface area contributed by atoms with Crippen molar-refractivity contribution < 1.29 is 26.4 Å². The van der Waals surface area contributed by atoms with E-state index in [9.17, 15) is 26.4 Å². The van der Waals surface area contributed by atoms with Crippen molar-refractivity contribution in [2.45, 2.75) is 76.5 Å². The van der Waals surface area contributed by atoms with Gasteiger partial charge in [0.1, 0.15) is 0 Å². The number of carbonyl (C=O) groups is 1. The van der Waals surface area contributed by atoms with Gasteiger partial charge in [0.2, 0.25) is 0 Å². The van der Waals surface area contributed by atoms with Crippen LogP contribution in [-0.2, 0) is 10.0 Å². The number of Topliss-reactive ketones (excluding diaryl/α,β-unsaturated/α-hetero) is 1. The van der Waals surface area contributed by atoms with Crippen LogP contribution in [0.15, 0.2) is 24.3 Å². The molecule has 1 aromatic carbocycles. The summed E-state index contributed by atoms with van der Waals surface area (Å²) in [6, 6.07) is 7.72. The number of thioether (sulfide) groups is 1. The molecule has 1 aromatic rings. The first-order valence-electron chi connectivity index (χ1n) is 11.1. The number of hydrogen-bond acceptors (Lipinski definition) is 4. The van der Waals surface area contributed by atoms with Gasteiger partial charge in [0.25, 0.3) is 0 Å². The summed E-state index contributed by atoms with van der Waals surface area (Å²) in [4.78, 5) is 13.2. The quantitative estimate of drug-likeness (QED) is 0.382. The van der Waals surface area contributed by atoms with Gasteiger partial charge in [0.15, 0.2) is 5.78 Å². The lowest BCUT2D eigenvalue weighted by molar-refractivity contribution is -0.0486. The molecule has 1 unspecified atom stereocenters. The normalized spacial score (nSPS) is 17.5. The molecule has 0 bridgehead atoms. The second kappa shape index (κ2) is 10.9. The standard InChI is InChI=1S/C23H34F3NO3S2/c1-5-27(32(29,30)23(24,25)26)15-16-31-21(22(2,3)4)20(28)19-13-11-18(12-14-19)17-9-7-6-8-10-17/h11-14,17,21H,5-10,15-16H2,1-4H3. The van der Waals surface area contributed by atoms with Gasteiger partial charge in [-0.05, 0) is 29.7 Å². The van der Waals surface area contributed by atoms with Crippen LogP contribution in [0.4, 0.5) is 13.2 Å². The first-order chi connectivity index (χ1) is 14.8. The largest absolute Gasteiger partial charge is 0.511 e. The highest BCUT2D eigenvalue weighted by atomic mass is 32.2.